The van der Waals surface area contributed by atoms with Crippen molar-refractivity contribution in [2.45, 2.75) is 6.54 Å². The predicted molar refractivity (Wildman–Crippen MR) is 118 cm³/mol. The Hall–Kier alpha value is -3.16. The average Bonchev–Trinajstić information content (AvgIpc) is 3.34. The lowest BCUT2D eigenvalue weighted by Gasteiger charge is -2.05. The van der Waals surface area contributed by atoms with Crippen LogP contribution < -0.4 is 10.1 Å². The fourth-order valence-electron chi connectivity index (χ4n) is 3.35. The summed E-state index contributed by atoms with van der Waals surface area (Å²) in [7, 11) is 1.66. The molecule has 0 aliphatic carbocycles. The molecule has 29 heavy (non-hydrogen) atoms. The number of halogens is 1. The third-order valence-corrected chi connectivity index (χ3v) is 5.51. The van der Waals surface area contributed by atoms with Crippen LogP contribution in [0.1, 0.15) is 5.56 Å². The van der Waals surface area contributed by atoms with Crippen molar-refractivity contribution in [3.05, 3.63) is 71.2 Å². The Labute approximate surface area is 176 Å². The molecule has 0 amide bonds. The van der Waals surface area contributed by atoms with Gasteiger partial charge in [0.15, 0.2) is 5.82 Å². The molecule has 0 unspecified atom stereocenters. The molecule has 0 spiro atoms. The molecule has 0 saturated carbocycles. The van der Waals surface area contributed by atoms with Gasteiger partial charge in [0.25, 0.3) is 0 Å². The fourth-order valence-corrected chi connectivity index (χ4v) is 4.11. The Morgan fingerprint density at radius 2 is 1.97 bits per heavy atom. The minimum Gasteiger partial charge on any atom is -0.497 e. The van der Waals surface area contributed by atoms with E-state index in [0.29, 0.717) is 11.6 Å². The van der Waals surface area contributed by atoms with E-state index < -0.39 is 0 Å². The largest absolute Gasteiger partial charge is 0.497 e. The maximum atomic E-state index is 6.14. The molecule has 6 nitrogen and oxygen atoms in total. The number of ether oxygens (including phenoxy) is 1. The van der Waals surface area contributed by atoms with Gasteiger partial charge in [0.2, 0.25) is 0 Å². The van der Waals surface area contributed by atoms with E-state index in [2.05, 4.69) is 20.1 Å². The summed E-state index contributed by atoms with van der Waals surface area (Å²) in [6.07, 6.45) is 0. The van der Waals surface area contributed by atoms with Crippen molar-refractivity contribution >= 4 is 56.8 Å². The Balaban J connectivity index is 1.61. The highest BCUT2D eigenvalue weighted by Crippen LogP contribution is 2.31. The third-order valence-electron chi connectivity index (χ3n) is 4.73. The molecular weight excluding hydrogens is 406 g/mol. The first kappa shape index (κ1) is 17.9. The maximum absolute atomic E-state index is 6.14. The van der Waals surface area contributed by atoms with Crippen molar-refractivity contribution in [1.29, 1.82) is 0 Å². The smallest absolute Gasteiger partial charge is 0.160 e. The second-order valence-electron chi connectivity index (χ2n) is 6.57. The van der Waals surface area contributed by atoms with Gasteiger partial charge in [0, 0.05) is 21.7 Å². The highest BCUT2D eigenvalue weighted by molar-refractivity contribution is 7.00. The lowest BCUT2D eigenvalue weighted by atomic mass is 10.2. The van der Waals surface area contributed by atoms with E-state index in [9.17, 15) is 0 Å². The van der Waals surface area contributed by atoms with Crippen LogP contribution in [0, 0.1) is 0 Å². The summed E-state index contributed by atoms with van der Waals surface area (Å²) in [4.78, 5) is 0. The number of hydrogen-bond donors (Lipinski definition) is 1. The Morgan fingerprint density at radius 1 is 1.07 bits per heavy atom. The van der Waals surface area contributed by atoms with Gasteiger partial charge in [0.05, 0.1) is 30.9 Å². The number of hydrogen-bond acceptors (Lipinski definition) is 6. The summed E-state index contributed by atoms with van der Waals surface area (Å²) in [5, 5.41) is 9.85. The number of benzene rings is 3. The van der Waals surface area contributed by atoms with Gasteiger partial charge in [-0.05, 0) is 42.5 Å². The van der Waals surface area contributed by atoms with Crippen molar-refractivity contribution in [3.63, 3.8) is 0 Å². The Kier molecular flexibility index (Phi) is 4.54. The first-order valence-corrected chi connectivity index (χ1v) is 10.1. The van der Waals surface area contributed by atoms with Gasteiger partial charge in [-0.15, -0.1) is 0 Å². The SMILES string of the molecule is COc1ccc2c(c1)c(Nc1cccc(Cl)c1)nn2Cc1cccc2nsnc12. The van der Waals surface area contributed by atoms with E-state index in [0.717, 1.165) is 44.8 Å². The topological polar surface area (TPSA) is 64.9 Å². The first-order valence-electron chi connectivity index (χ1n) is 8.98. The minimum absolute atomic E-state index is 0.586. The Bertz CT molecular complexity index is 1330. The average molecular weight is 422 g/mol. The van der Waals surface area contributed by atoms with Gasteiger partial charge in [-0.3, -0.25) is 4.68 Å². The highest BCUT2D eigenvalue weighted by atomic mass is 35.5. The summed E-state index contributed by atoms with van der Waals surface area (Å²) in [5.41, 5.74) is 4.76. The number of anilines is 2. The predicted octanol–water partition coefficient (Wildman–Crippen LogP) is 5.49. The summed E-state index contributed by atoms with van der Waals surface area (Å²) in [6, 6.07) is 19.5. The van der Waals surface area contributed by atoms with Gasteiger partial charge in [0.1, 0.15) is 16.8 Å². The summed E-state index contributed by atoms with van der Waals surface area (Å²) >= 11 is 7.36. The van der Waals surface area contributed by atoms with Crippen molar-refractivity contribution in [3.8, 4) is 5.75 Å². The molecule has 2 aromatic heterocycles. The van der Waals surface area contributed by atoms with Gasteiger partial charge in [-0.2, -0.15) is 13.8 Å². The van der Waals surface area contributed by atoms with Crippen LogP contribution in [0.3, 0.4) is 0 Å². The van der Waals surface area contributed by atoms with E-state index >= 15 is 0 Å². The molecule has 0 aliphatic rings. The summed E-state index contributed by atoms with van der Waals surface area (Å²) in [6.45, 7) is 0.586. The van der Waals surface area contributed by atoms with Crippen LogP contribution >= 0.6 is 23.3 Å². The molecule has 5 rings (SSSR count). The van der Waals surface area contributed by atoms with E-state index in [1.54, 1.807) is 7.11 Å². The van der Waals surface area contributed by atoms with Crippen molar-refractivity contribution in [1.82, 2.24) is 18.5 Å². The second kappa shape index (κ2) is 7.35. The Morgan fingerprint density at radius 3 is 2.83 bits per heavy atom. The molecule has 0 radical (unpaired) electrons. The number of fused-ring (bicyclic) bond motifs is 2. The summed E-state index contributed by atoms with van der Waals surface area (Å²) in [5.74, 6) is 1.52. The van der Waals surface area contributed by atoms with Crippen LogP contribution in [-0.2, 0) is 6.54 Å². The van der Waals surface area contributed by atoms with Gasteiger partial charge >= 0.3 is 0 Å². The van der Waals surface area contributed by atoms with Crippen LogP contribution in [0.15, 0.2) is 60.7 Å². The quantitative estimate of drug-likeness (QED) is 0.406. The van der Waals surface area contributed by atoms with E-state index in [4.69, 9.17) is 21.4 Å². The summed E-state index contributed by atoms with van der Waals surface area (Å²) < 4.78 is 16.2. The lowest BCUT2D eigenvalue weighted by Crippen LogP contribution is -2.03. The van der Waals surface area contributed by atoms with E-state index in [-0.39, 0.29) is 0 Å². The molecule has 0 atom stereocenters. The molecule has 1 N–H and O–H groups in total. The molecule has 0 bridgehead atoms. The standard InChI is InChI=1S/C21H16ClN5OS/c1-28-16-8-9-19-17(11-16)21(23-15-6-3-5-14(22)10-15)24-27(19)12-13-4-2-7-18-20(13)26-29-25-18/h2-11H,12H2,1H3,(H,23,24). The van der Waals surface area contributed by atoms with Crippen LogP contribution in [0.2, 0.25) is 5.02 Å². The van der Waals surface area contributed by atoms with Crippen molar-refractivity contribution in [2.24, 2.45) is 0 Å². The third kappa shape index (κ3) is 3.39. The van der Waals surface area contributed by atoms with Gasteiger partial charge in [-0.25, -0.2) is 0 Å². The van der Waals surface area contributed by atoms with Crippen LogP contribution in [-0.4, -0.2) is 25.6 Å². The molecule has 3 aromatic carbocycles. The molecule has 8 heteroatoms. The van der Waals surface area contributed by atoms with E-state index in [1.165, 1.54) is 11.7 Å². The normalized spacial score (nSPS) is 11.2. The number of rotatable bonds is 5. The highest BCUT2D eigenvalue weighted by Gasteiger charge is 2.14. The number of methoxy groups -OCH3 is 1. The number of nitrogens with one attached hydrogen (secondary N) is 1. The maximum Gasteiger partial charge on any atom is 0.160 e. The molecule has 144 valence electrons. The molecule has 2 heterocycles. The molecule has 0 saturated heterocycles. The van der Waals surface area contributed by atoms with Gasteiger partial charge in [-0.1, -0.05) is 29.8 Å². The second-order valence-corrected chi connectivity index (χ2v) is 7.54. The zero-order valence-corrected chi connectivity index (χ0v) is 17.0. The lowest BCUT2D eigenvalue weighted by molar-refractivity contribution is 0.415. The number of nitrogens with zero attached hydrogens (tertiary/aromatic N) is 4. The minimum atomic E-state index is 0.586. The van der Waals surface area contributed by atoms with Crippen molar-refractivity contribution in [2.75, 3.05) is 12.4 Å². The van der Waals surface area contributed by atoms with Crippen LogP contribution in [0.5, 0.6) is 5.75 Å². The number of aromatic nitrogens is 4. The zero-order chi connectivity index (χ0) is 19.8. The molecular formula is C21H16ClN5OS. The molecule has 0 aliphatic heterocycles. The van der Waals surface area contributed by atoms with Gasteiger partial charge < -0.3 is 10.1 Å². The fraction of sp³-hybridized carbons (Fsp3) is 0.0952. The molecule has 5 aromatic rings. The van der Waals surface area contributed by atoms with Crippen LogP contribution in [0.4, 0.5) is 11.5 Å². The van der Waals surface area contributed by atoms with Crippen molar-refractivity contribution < 1.29 is 4.74 Å². The first-order chi connectivity index (χ1) is 14.2. The van der Waals surface area contributed by atoms with E-state index in [1.807, 2.05) is 59.3 Å². The zero-order valence-electron chi connectivity index (χ0n) is 15.5. The molecule has 0 fully saturated rings. The monoisotopic (exact) mass is 421 g/mol. The van der Waals surface area contributed by atoms with Crippen LogP contribution in [0.25, 0.3) is 21.9 Å².